The van der Waals surface area contributed by atoms with Gasteiger partial charge in [-0.1, -0.05) is 22.0 Å². The van der Waals surface area contributed by atoms with Crippen LogP contribution in [0.4, 0.5) is 5.69 Å². The first kappa shape index (κ1) is 11.8. The molecule has 0 spiro atoms. The third-order valence-electron chi connectivity index (χ3n) is 3.62. The number of amides is 1. The number of hydrogen-bond donors (Lipinski definition) is 0. The number of fused-ring (bicyclic) bond motifs is 1. The Labute approximate surface area is 115 Å². The number of halogens is 1. The lowest BCUT2D eigenvalue weighted by Crippen LogP contribution is -2.24. The second kappa shape index (κ2) is 4.43. The van der Waals surface area contributed by atoms with E-state index in [1.807, 2.05) is 30.3 Å². The minimum absolute atomic E-state index is 0.232. The minimum atomic E-state index is 0.232. The average Bonchev–Trinajstić information content (AvgIpc) is 2.93. The topological polar surface area (TPSA) is 25.2 Å². The highest BCUT2D eigenvalue weighted by atomic mass is 79.9. The van der Waals surface area contributed by atoms with Crippen LogP contribution >= 0.6 is 15.9 Å². The van der Waals surface area contributed by atoms with Crippen molar-refractivity contribution in [3.63, 3.8) is 0 Å². The van der Waals surface area contributed by atoms with Crippen molar-refractivity contribution in [1.29, 1.82) is 0 Å². The van der Waals surface area contributed by atoms with Crippen molar-refractivity contribution in [3.05, 3.63) is 30.5 Å². The fourth-order valence-corrected chi connectivity index (χ4v) is 3.07. The summed E-state index contributed by atoms with van der Waals surface area (Å²) >= 11 is 3.47. The summed E-state index contributed by atoms with van der Waals surface area (Å²) in [5, 5.41) is 2.04. The van der Waals surface area contributed by atoms with Crippen molar-refractivity contribution in [2.24, 2.45) is 13.0 Å². The van der Waals surface area contributed by atoms with Gasteiger partial charge in [0.05, 0.1) is 5.69 Å². The van der Waals surface area contributed by atoms with Gasteiger partial charge in [-0.2, -0.15) is 0 Å². The lowest BCUT2D eigenvalue weighted by molar-refractivity contribution is -0.117. The van der Waals surface area contributed by atoms with Gasteiger partial charge in [0.25, 0.3) is 0 Å². The smallest absolute Gasteiger partial charge is 0.227 e. The van der Waals surface area contributed by atoms with Gasteiger partial charge in [-0.15, -0.1) is 0 Å². The molecule has 1 aliphatic rings. The Bertz CT molecular complexity index is 605. The summed E-state index contributed by atoms with van der Waals surface area (Å²) in [7, 11) is 2.03. The van der Waals surface area contributed by atoms with Crippen molar-refractivity contribution >= 4 is 38.4 Å². The fraction of sp³-hybridized carbons (Fsp3) is 0.357. The maximum Gasteiger partial charge on any atom is 0.227 e. The number of carbonyl (C=O) groups excluding carboxylic acids is 1. The Kier molecular flexibility index (Phi) is 2.90. The first-order chi connectivity index (χ1) is 8.70. The summed E-state index contributed by atoms with van der Waals surface area (Å²) in [6.45, 7) is 0.818. The van der Waals surface area contributed by atoms with Crippen molar-refractivity contribution in [1.82, 2.24) is 4.57 Å². The van der Waals surface area contributed by atoms with Crippen LogP contribution in [0.3, 0.4) is 0 Å². The van der Waals surface area contributed by atoms with Gasteiger partial charge in [0.1, 0.15) is 0 Å². The minimum Gasteiger partial charge on any atom is -0.350 e. The fourth-order valence-electron chi connectivity index (χ4n) is 2.64. The molecule has 0 N–H and O–H groups in total. The van der Waals surface area contributed by atoms with E-state index in [0.717, 1.165) is 22.9 Å². The molecule has 1 aromatic carbocycles. The van der Waals surface area contributed by atoms with Crippen LogP contribution < -0.4 is 4.90 Å². The number of aryl methyl sites for hydroxylation is 1. The molecule has 18 heavy (non-hydrogen) atoms. The predicted octanol–water partition coefficient (Wildman–Crippen LogP) is 2.93. The molecule has 1 amide bonds. The quantitative estimate of drug-likeness (QED) is 0.783. The largest absolute Gasteiger partial charge is 0.350 e. The summed E-state index contributed by atoms with van der Waals surface area (Å²) in [4.78, 5) is 14.0. The number of hydrogen-bond acceptors (Lipinski definition) is 1. The Balaban J connectivity index is 2.07. The highest BCUT2D eigenvalue weighted by Gasteiger charge is 2.30. The number of aromatic nitrogens is 1. The Morgan fingerprint density at radius 3 is 2.94 bits per heavy atom. The van der Waals surface area contributed by atoms with E-state index in [4.69, 9.17) is 0 Å². The van der Waals surface area contributed by atoms with E-state index in [2.05, 4.69) is 32.6 Å². The van der Waals surface area contributed by atoms with Crippen LogP contribution in [0.1, 0.15) is 6.42 Å². The van der Waals surface area contributed by atoms with Gasteiger partial charge in [0.2, 0.25) is 5.91 Å². The zero-order chi connectivity index (χ0) is 12.7. The van der Waals surface area contributed by atoms with Gasteiger partial charge >= 0.3 is 0 Å². The van der Waals surface area contributed by atoms with Crippen LogP contribution in [0.2, 0.25) is 0 Å². The number of benzene rings is 1. The van der Waals surface area contributed by atoms with Crippen molar-refractivity contribution in [2.75, 3.05) is 16.8 Å². The van der Waals surface area contributed by atoms with E-state index in [1.54, 1.807) is 0 Å². The predicted molar refractivity (Wildman–Crippen MR) is 77.2 cm³/mol. The number of alkyl halides is 1. The van der Waals surface area contributed by atoms with Gasteiger partial charge in [0, 0.05) is 42.4 Å². The molecular weight excluding hydrogens is 292 g/mol. The Morgan fingerprint density at radius 2 is 2.22 bits per heavy atom. The van der Waals surface area contributed by atoms with E-state index in [1.165, 1.54) is 5.52 Å². The van der Waals surface area contributed by atoms with E-state index in [9.17, 15) is 4.79 Å². The molecule has 0 bridgehead atoms. The molecule has 1 unspecified atom stereocenters. The standard InChI is InChI=1S/C14H15BrN2O/c1-16-6-5-11-12(16)3-2-4-13(11)17-9-10(8-15)7-14(17)18/h2-6,10H,7-9H2,1H3. The SMILES string of the molecule is Cn1ccc2c(N3CC(CBr)CC3=O)cccc21. The second-order valence-electron chi connectivity index (χ2n) is 4.87. The van der Waals surface area contributed by atoms with Crippen LogP contribution in [0.25, 0.3) is 10.9 Å². The molecule has 1 fully saturated rings. The summed E-state index contributed by atoms with van der Waals surface area (Å²) in [6, 6.07) is 8.23. The van der Waals surface area contributed by atoms with Gasteiger partial charge < -0.3 is 9.47 Å². The summed E-state index contributed by atoms with van der Waals surface area (Å²) in [6.07, 6.45) is 2.69. The lowest BCUT2D eigenvalue weighted by Gasteiger charge is -2.17. The maximum atomic E-state index is 12.1. The number of rotatable bonds is 2. The first-order valence-corrected chi connectivity index (χ1v) is 7.23. The van der Waals surface area contributed by atoms with Gasteiger partial charge in [0.15, 0.2) is 0 Å². The Morgan fingerprint density at radius 1 is 1.39 bits per heavy atom. The zero-order valence-corrected chi connectivity index (χ0v) is 11.9. The van der Waals surface area contributed by atoms with E-state index in [0.29, 0.717) is 12.3 Å². The van der Waals surface area contributed by atoms with Crippen LogP contribution in [0, 0.1) is 5.92 Å². The number of nitrogens with zero attached hydrogens (tertiary/aromatic N) is 2. The number of anilines is 1. The second-order valence-corrected chi connectivity index (χ2v) is 5.51. The third-order valence-corrected chi connectivity index (χ3v) is 4.53. The molecule has 0 aliphatic carbocycles. The summed E-state index contributed by atoms with van der Waals surface area (Å²) in [5.41, 5.74) is 2.21. The molecule has 3 rings (SSSR count). The molecule has 3 nitrogen and oxygen atoms in total. The first-order valence-electron chi connectivity index (χ1n) is 6.11. The van der Waals surface area contributed by atoms with Crippen molar-refractivity contribution in [2.45, 2.75) is 6.42 Å². The molecule has 1 saturated heterocycles. The number of carbonyl (C=O) groups is 1. The van der Waals surface area contributed by atoms with Crippen LogP contribution in [0.5, 0.6) is 0 Å². The van der Waals surface area contributed by atoms with Crippen LogP contribution in [-0.4, -0.2) is 22.3 Å². The van der Waals surface area contributed by atoms with E-state index < -0.39 is 0 Å². The third kappa shape index (κ3) is 1.75. The molecule has 0 saturated carbocycles. The van der Waals surface area contributed by atoms with E-state index >= 15 is 0 Å². The molecule has 1 aliphatic heterocycles. The van der Waals surface area contributed by atoms with Crippen molar-refractivity contribution in [3.8, 4) is 0 Å². The summed E-state index contributed by atoms with van der Waals surface area (Å²) in [5.74, 6) is 0.660. The normalized spacial score (nSPS) is 20.0. The van der Waals surface area contributed by atoms with Gasteiger partial charge in [-0.25, -0.2) is 0 Å². The molecule has 1 aromatic heterocycles. The lowest BCUT2D eigenvalue weighted by atomic mass is 10.1. The Hall–Kier alpha value is -1.29. The molecule has 2 heterocycles. The molecule has 1 atom stereocenters. The molecule has 94 valence electrons. The maximum absolute atomic E-state index is 12.1. The highest BCUT2D eigenvalue weighted by Crippen LogP contribution is 2.32. The van der Waals surface area contributed by atoms with Gasteiger partial charge in [-0.3, -0.25) is 4.79 Å². The zero-order valence-electron chi connectivity index (χ0n) is 10.3. The highest BCUT2D eigenvalue weighted by molar-refractivity contribution is 9.09. The van der Waals surface area contributed by atoms with Crippen LogP contribution in [0.15, 0.2) is 30.5 Å². The van der Waals surface area contributed by atoms with Crippen LogP contribution in [-0.2, 0) is 11.8 Å². The molecule has 0 radical (unpaired) electrons. The molecular formula is C14H15BrN2O. The monoisotopic (exact) mass is 306 g/mol. The molecule has 4 heteroatoms. The molecule has 2 aromatic rings. The van der Waals surface area contributed by atoms with Gasteiger partial charge in [-0.05, 0) is 24.1 Å². The average molecular weight is 307 g/mol. The van der Waals surface area contributed by atoms with E-state index in [-0.39, 0.29) is 5.91 Å². The van der Waals surface area contributed by atoms with Crippen molar-refractivity contribution < 1.29 is 4.79 Å². The summed E-state index contributed by atoms with van der Waals surface area (Å²) < 4.78 is 2.08.